The third-order valence-electron chi connectivity index (χ3n) is 5.20. The first-order valence-corrected chi connectivity index (χ1v) is 10.1. The van der Waals surface area contributed by atoms with Gasteiger partial charge in [-0.15, -0.1) is 0 Å². The molecule has 1 aliphatic heterocycles. The van der Waals surface area contributed by atoms with Crippen molar-refractivity contribution < 1.29 is 4.79 Å². The number of nitrogens with zero attached hydrogens (tertiary/aromatic N) is 2. The second-order valence-electron chi connectivity index (χ2n) is 7.65. The molecule has 29 heavy (non-hydrogen) atoms. The van der Waals surface area contributed by atoms with Crippen LogP contribution in [-0.4, -0.2) is 42.4 Å². The highest BCUT2D eigenvalue weighted by Gasteiger charge is 2.29. The second kappa shape index (κ2) is 10.1. The van der Waals surface area contributed by atoms with Crippen molar-refractivity contribution in [3.05, 3.63) is 65.7 Å². The number of guanidine groups is 1. The molecule has 1 saturated heterocycles. The molecule has 2 unspecified atom stereocenters. The highest BCUT2D eigenvalue weighted by atomic mass is 16.1. The fraction of sp³-hybridized carbons (Fsp3) is 0.391. The average Bonchev–Trinajstić information content (AvgIpc) is 3.04. The zero-order valence-electron chi connectivity index (χ0n) is 17.5. The molecule has 3 rings (SSSR count). The summed E-state index contributed by atoms with van der Waals surface area (Å²) in [4.78, 5) is 18.1. The number of benzene rings is 2. The molecule has 154 valence electrons. The van der Waals surface area contributed by atoms with E-state index >= 15 is 0 Å². The van der Waals surface area contributed by atoms with E-state index in [1.807, 2.05) is 24.3 Å². The monoisotopic (exact) mass is 393 g/mol. The third-order valence-corrected chi connectivity index (χ3v) is 5.20. The number of hydrogen-bond donors (Lipinski definition) is 3. The van der Waals surface area contributed by atoms with Gasteiger partial charge in [0, 0.05) is 51.4 Å². The largest absolute Gasteiger partial charge is 0.352 e. The summed E-state index contributed by atoms with van der Waals surface area (Å²) in [7, 11) is 1.79. The highest BCUT2D eigenvalue weighted by Crippen LogP contribution is 2.20. The van der Waals surface area contributed by atoms with Crippen molar-refractivity contribution in [1.29, 1.82) is 0 Å². The van der Waals surface area contributed by atoms with Crippen LogP contribution in [0.1, 0.15) is 31.4 Å². The lowest BCUT2D eigenvalue weighted by Crippen LogP contribution is -2.44. The summed E-state index contributed by atoms with van der Waals surface area (Å²) in [5, 5.41) is 9.75. The van der Waals surface area contributed by atoms with Crippen LogP contribution in [0.5, 0.6) is 0 Å². The molecule has 0 spiro atoms. The van der Waals surface area contributed by atoms with Crippen molar-refractivity contribution in [2.45, 2.75) is 45.4 Å². The van der Waals surface area contributed by atoms with Gasteiger partial charge in [0.05, 0.1) is 0 Å². The Labute approximate surface area is 173 Å². The van der Waals surface area contributed by atoms with Gasteiger partial charge in [0.25, 0.3) is 0 Å². The van der Waals surface area contributed by atoms with Crippen LogP contribution in [0.15, 0.2) is 59.6 Å². The maximum atomic E-state index is 11.2. The molecule has 2 aromatic rings. The Balaban J connectivity index is 1.51. The van der Waals surface area contributed by atoms with Crippen molar-refractivity contribution in [1.82, 2.24) is 15.5 Å². The van der Waals surface area contributed by atoms with Crippen LogP contribution in [0, 0.1) is 0 Å². The van der Waals surface area contributed by atoms with Gasteiger partial charge in [-0.3, -0.25) is 14.7 Å². The molecule has 1 heterocycles. The summed E-state index contributed by atoms with van der Waals surface area (Å²) < 4.78 is 0. The zero-order valence-corrected chi connectivity index (χ0v) is 17.5. The molecule has 1 fully saturated rings. The van der Waals surface area contributed by atoms with E-state index < -0.39 is 0 Å². The Bertz CT molecular complexity index is 836. The van der Waals surface area contributed by atoms with Crippen LogP contribution < -0.4 is 16.0 Å². The SMILES string of the molecule is CN=C(NCc1cccc(NC(C)=O)c1)NC1CC(C)N(Cc2ccccc2)C1. The maximum Gasteiger partial charge on any atom is 0.221 e. The first-order valence-electron chi connectivity index (χ1n) is 10.1. The number of nitrogens with one attached hydrogen (secondary N) is 3. The maximum absolute atomic E-state index is 11.2. The van der Waals surface area contributed by atoms with Crippen LogP contribution in [0.3, 0.4) is 0 Å². The normalized spacial score (nSPS) is 19.8. The van der Waals surface area contributed by atoms with E-state index in [9.17, 15) is 4.79 Å². The van der Waals surface area contributed by atoms with Gasteiger partial charge in [0.15, 0.2) is 5.96 Å². The molecule has 1 amide bonds. The molecule has 1 aliphatic rings. The van der Waals surface area contributed by atoms with E-state index in [2.05, 4.69) is 63.1 Å². The van der Waals surface area contributed by atoms with E-state index in [-0.39, 0.29) is 5.91 Å². The molecule has 0 aromatic heterocycles. The summed E-state index contributed by atoms with van der Waals surface area (Å²) in [6.07, 6.45) is 1.09. The molecule has 2 aromatic carbocycles. The zero-order chi connectivity index (χ0) is 20.6. The van der Waals surface area contributed by atoms with Gasteiger partial charge in [-0.05, 0) is 36.6 Å². The van der Waals surface area contributed by atoms with Gasteiger partial charge in [-0.1, -0.05) is 42.5 Å². The van der Waals surface area contributed by atoms with Crippen molar-refractivity contribution in [2.75, 3.05) is 18.9 Å². The molecule has 0 saturated carbocycles. The Hall–Kier alpha value is -2.86. The summed E-state index contributed by atoms with van der Waals surface area (Å²) in [6, 6.07) is 19.3. The number of hydrogen-bond acceptors (Lipinski definition) is 3. The number of likely N-dealkylation sites (tertiary alicyclic amines) is 1. The van der Waals surface area contributed by atoms with Crippen molar-refractivity contribution in [2.24, 2.45) is 4.99 Å². The molecular weight excluding hydrogens is 362 g/mol. The molecule has 6 heteroatoms. The Morgan fingerprint density at radius 2 is 1.90 bits per heavy atom. The molecule has 0 aliphatic carbocycles. The minimum atomic E-state index is -0.0667. The van der Waals surface area contributed by atoms with Crippen LogP contribution in [0.4, 0.5) is 5.69 Å². The van der Waals surface area contributed by atoms with E-state index in [0.29, 0.717) is 18.6 Å². The quantitative estimate of drug-likeness (QED) is 0.521. The Morgan fingerprint density at radius 3 is 2.62 bits per heavy atom. The van der Waals surface area contributed by atoms with E-state index in [0.717, 1.165) is 36.7 Å². The van der Waals surface area contributed by atoms with E-state index in [1.54, 1.807) is 7.05 Å². The topological polar surface area (TPSA) is 68.8 Å². The van der Waals surface area contributed by atoms with Gasteiger partial charge in [0.2, 0.25) is 5.91 Å². The number of amides is 1. The van der Waals surface area contributed by atoms with Crippen LogP contribution >= 0.6 is 0 Å². The minimum Gasteiger partial charge on any atom is -0.352 e. The van der Waals surface area contributed by atoms with Crippen LogP contribution in [-0.2, 0) is 17.9 Å². The van der Waals surface area contributed by atoms with Crippen molar-refractivity contribution >= 4 is 17.6 Å². The molecule has 2 atom stereocenters. The molecule has 0 bridgehead atoms. The van der Waals surface area contributed by atoms with Crippen LogP contribution in [0.2, 0.25) is 0 Å². The number of carbonyl (C=O) groups excluding carboxylic acids is 1. The predicted octanol–water partition coefficient (Wildman–Crippen LogP) is 2.97. The summed E-state index contributed by atoms with van der Waals surface area (Å²) >= 11 is 0. The molecular formula is C23H31N5O. The summed E-state index contributed by atoms with van der Waals surface area (Å²) in [6.45, 7) is 6.41. The molecule has 6 nitrogen and oxygen atoms in total. The van der Waals surface area contributed by atoms with Crippen molar-refractivity contribution in [3.8, 4) is 0 Å². The standard InChI is InChI=1S/C23H31N5O/c1-17-12-22(16-28(17)15-19-8-5-4-6-9-19)27-23(24-3)25-14-20-10-7-11-21(13-20)26-18(2)29/h4-11,13,17,22H,12,14-16H2,1-3H3,(H,26,29)(H2,24,25,27). The fourth-order valence-electron chi connectivity index (χ4n) is 3.78. The first-order chi connectivity index (χ1) is 14.0. The summed E-state index contributed by atoms with van der Waals surface area (Å²) in [5.41, 5.74) is 3.24. The highest BCUT2D eigenvalue weighted by molar-refractivity contribution is 5.88. The Morgan fingerprint density at radius 1 is 1.14 bits per heavy atom. The number of rotatable bonds is 6. The van der Waals surface area contributed by atoms with Crippen molar-refractivity contribution in [3.63, 3.8) is 0 Å². The van der Waals surface area contributed by atoms with Gasteiger partial charge in [0.1, 0.15) is 0 Å². The van der Waals surface area contributed by atoms with Gasteiger partial charge in [-0.2, -0.15) is 0 Å². The average molecular weight is 394 g/mol. The number of aliphatic imine (C=N–C) groups is 1. The number of carbonyl (C=O) groups is 1. The second-order valence-corrected chi connectivity index (χ2v) is 7.65. The first kappa shape index (κ1) is 20.9. The summed E-state index contributed by atoms with van der Waals surface area (Å²) in [5.74, 6) is 0.733. The minimum absolute atomic E-state index is 0.0667. The lowest BCUT2D eigenvalue weighted by molar-refractivity contribution is -0.114. The van der Waals surface area contributed by atoms with E-state index in [1.165, 1.54) is 12.5 Å². The van der Waals surface area contributed by atoms with E-state index in [4.69, 9.17) is 0 Å². The van der Waals surface area contributed by atoms with Gasteiger partial charge < -0.3 is 16.0 Å². The molecule has 0 radical (unpaired) electrons. The lowest BCUT2D eigenvalue weighted by Gasteiger charge is -2.21. The van der Waals surface area contributed by atoms with Gasteiger partial charge in [-0.25, -0.2) is 0 Å². The smallest absolute Gasteiger partial charge is 0.221 e. The Kier molecular flexibility index (Phi) is 7.25. The van der Waals surface area contributed by atoms with Gasteiger partial charge >= 0.3 is 0 Å². The number of anilines is 1. The fourth-order valence-corrected chi connectivity index (χ4v) is 3.78. The van der Waals surface area contributed by atoms with Crippen LogP contribution in [0.25, 0.3) is 0 Å². The third kappa shape index (κ3) is 6.32. The lowest BCUT2D eigenvalue weighted by atomic mass is 10.2. The predicted molar refractivity (Wildman–Crippen MR) is 119 cm³/mol. The molecule has 3 N–H and O–H groups in total.